The van der Waals surface area contributed by atoms with Gasteiger partial charge in [-0.25, -0.2) is 4.79 Å². The van der Waals surface area contributed by atoms with Crippen LogP contribution in [0.3, 0.4) is 0 Å². The number of likely N-dealkylation sites (N-methyl/N-ethyl adjacent to an activating group) is 1. The minimum atomic E-state index is -0.576. The Balaban J connectivity index is 1.47. The van der Waals surface area contributed by atoms with Crippen LogP contribution >= 0.6 is 0 Å². The molecule has 29 heavy (non-hydrogen) atoms. The molecule has 1 aliphatic carbocycles. The van der Waals surface area contributed by atoms with E-state index in [1.807, 2.05) is 0 Å². The van der Waals surface area contributed by atoms with Crippen molar-refractivity contribution in [3.8, 4) is 0 Å². The minimum Gasteiger partial charge on any atom is -0.459 e. The summed E-state index contributed by atoms with van der Waals surface area (Å²) in [6, 6.07) is 9.66. The van der Waals surface area contributed by atoms with Crippen LogP contribution in [0.4, 0.5) is 5.69 Å². The van der Waals surface area contributed by atoms with Gasteiger partial charge in [-0.2, -0.15) is 0 Å². The number of ether oxygens (including phenoxy) is 1. The zero-order valence-corrected chi connectivity index (χ0v) is 16.7. The van der Waals surface area contributed by atoms with Crippen molar-refractivity contribution in [2.24, 2.45) is 5.92 Å². The number of hydrogen-bond donors (Lipinski definition) is 1. The molecular formula is C22H26N2O5. The maximum atomic E-state index is 12.3. The Bertz CT molecular complexity index is 837. The maximum absolute atomic E-state index is 12.3. The third kappa shape index (κ3) is 5.47. The van der Waals surface area contributed by atoms with E-state index in [-0.39, 0.29) is 30.2 Å². The van der Waals surface area contributed by atoms with Gasteiger partial charge in [0.2, 0.25) is 0 Å². The lowest BCUT2D eigenvalue weighted by atomic mass is 9.87. The molecule has 154 valence electrons. The smallest absolute Gasteiger partial charge is 0.338 e. The maximum Gasteiger partial charge on any atom is 0.338 e. The van der Waals surface area contributed by atoms with Crippen LogP contribution in [0.2, 0.25) is 0 Å². The van der Waals surface area contributed by atoms with Crippen molar-refractivity contribution in [3.05, 3.63) is 54.0 Å². The molecule has 0 radical (unpaired) electrons. The summed E-state index contributed by atoms with van der Waals surface area (Å²) in [6.45, 7) is 1.95. The number of rotatable bonds is 6. The van der Waals surface area contributed by atoms with E-state index >= 15 is 0 Å². The quantitative estimate of drug-likeness (QED) is 0.749. The molecule has 0 spiro atoms. The highest BCUT2D eigenvalue weighted by Gasteiger charge is 2.25. The molecule has 1 aliphatic rings. The first kappa shape index (κ1) is 20.6. The summed E-state index contributed by atoms with van der Waals surface area (Å²) in [7, 11) is 1.77. The molecular weight excluding hydrogens is 372 g/mol. The first-order chi connectivity index (χ1) is 13.9. The molecule has 1 N–H and O–H groups in total. The van der Waals surface area contributed by atoms with Gasteiger partial charge in [0.25, 0.3) is 11.8 Å². The summed E-state index contributed by atoms with van der Waals surface area (Å²) in [5, 5.41) is 2.67. The van der Waals surface area contributed by atoms with E-state index in [9.17, 15) is 14.4 Å². The second-order valence-corrected chi connectivity index (χ2v) is 7.50. The molecule has 1 fully saturated rings. The monoisotopic (exact) mass is 398 g/mol. The van der Waals surface area contributed by atoms with E-state index in [4.69, 9.17) is 9.15 Å². The Morgan fingerprint density at radius 2 is 1.79 bits per heavy atom. The van der Waals surface area contributed by atoms with Gasteiger partial charge < -0.3 is 19.4 Å². The molecule has 1 aromatic heterocycles. The van der Waals surface area contributed by atoms with Gasteiger partial charge in [0, 0.05) is 18.8 Å². The fourth-order valence-corrected chi connectivity index (χ4v) is 3.44. The summed E-state index contributed by atoms with van der Waals surface area (Å²) in [5.41, 5.74) is 0.827. The van der Waals surface area contributed by atoms with Crippen molar-refractivity contribution in [1.29, 1.82) is 0 Å². The number of furan rings is 1. The topological polar surface area (TPSA) is 88.9 Å². The summed E-state index contributed by atoms with van der Waals surface area (Å²) in [6.07, 6.45) is 5.63. The van der Waals surface area contributed by atoms with Crippen LogP contribution < -0.4 is 5.32 Å². The molecule has 0 saturated heterocycles. The van der Waals surface area contributed by atoms with E-state index in [0.29, 0.717) is 17.2 Å². The number of esters is 1. The highest BCUT2D eigenvalue weighted by Crippen LogP contribution is 2.26. The number of anilines is 1. The van der Waals surface area contributed by atoms with Gasteiger partial charge in [-0.15, -0.1) is 0 Å². The summed E-state index contributed by atoms with van der Waals surface area (Å²) < 4.78 is 10.2. The average Bonchev–Trinajstić information content (AvgIpc) is 3.27. The van der Waals surface area contributed by atoms with Gasteiger partial charge in [-0.3, -0.25) is 9.59 Å². The third-order valence-corrected chi connectivity index (χ3v) is 5.38. The molecule has 7 heteroatoms. The second-order valence-electron chi connectivity index (χ2n) is 7.50. The lowest BCUT2D eigenvalue weighted by Gasteiger charge is -2.33. The van der Waals surface area contributed by atoms with E-state index in [2.05, 4.69) is 12.2 Å². The fourth-order valence-electron chi connectivity index (χ4n) is 3.44. The fraction of sp³-hybridized carbons (Fsp3) is 0.409. The number of nitrogens with zero attached hydrogens (tertiary/aromatic N) is 1. The minimum absolute atomic E-state index is 0.194. The van der Waals surface area contributed by atoms with Gasteiger partial charge >= 0.3 is 5.97 Å². The number of carbonyl (C=O) groups excluding carboxylic acids is 3. The van der Waals surface area contributed by atoms with Crippen LogP contribution in [-0.2, 0) is 9.53 Å². The van der Waals surface area contributed by atoms with Crippen LogP contribution in [0.1, 0.15) is 53.5 Å². The molecule has 7 nitrogen and oxygen atoms in total. The summed E-state index contributed by atoms with van der Waals surface area (Å²) in [5.74, 6) is -0.243. The van der Waals surface area contributed by atoms with E-state index in [1.54, 1.807) is 36.2 Å². The summed E-state index contributed by atoms with van der Waals surface area (Å²) >= 11 is 0. The molecule has 1 heterocycles. The standard InChI is InChI=1S/C22H26N2O5/c1-15-5-11-18(12-6-15)24(2)20(25)14-29-22(27)16-7-9-17(10-8-16)23-21(26)19-4-3-13-28-19/h3-4,7-10,13,15,18H,5-6,11-12,14H2,1-2H3,(H,23,26). The predicted molar refractivity (Wildman–Crippen MR) is 108 cm³/mol. The molecule has 1 aromatic carbocycles. The number of carbonyl (C=O) groups is 3. The molecule has 3 rings (SSSR count). The molecule has 0 bridgehead atoms. The van der Waals surface area contributed by atoms with Gasteiger partial charge in [-0.1, -0.05) is 6.92 Å². The number of hydrogen-bond acceptors (Lipinski definition) is 5. The van der Waals surface area contributed by atoms with Gasteiger partial charge in [0.15, 0.2) is 12.4 Å². The van der Waals surface area contributed by atoms with E-state index in [1.165, 1.54) is 18.4 Å². The number of amides is 2. The molecule has 0 unspecified atom stereocenters. The number of benzene rings is 1. The van der Waals surface area contributed by atoms with Crippen molar-refractivity contribution in [2.45, 2.75) is 38.6 Å². The van der Waals surface area contributed by atoms with Crippen molar-refractivity contribution < 1.29 is 23.5 Å². The molecule has 2 aromatic rings. The average molecular weight is 398 g/mol. The number of nitrogens with one attached hydrogen (secondary N) is 1. The van der Waals surface area contributed by atoms with Crippen molar-refractivity contribution in [3.63, 3.8) is 0 Å². The van der Waals surface area contributed by atoms with Gasteiger partial charge in [0.1, 0.15) is 0 Å². The Morgan fingerprint density at radius 1 is 1.10 bits per heavy atom. The zero-order valence-electron chi connectivity index (χ0n) is 16.7. The molecule has 0 aliphatic heterocycles. The van der Waals surface area contributed by atoms with Gasteiger partial charge in [-0.05, 0) is 68.0 Å². The first-order valence-corrected chi connectivity index (χ1v) is 9.81. The third-order valence-electron chi connectivity index (χ3n) is 5.38. The van der Waals surface area contributed by atoms with Crippen molar-refractivity contribution >= 4 is 23.5 Å². The zero-order chi connectivity index (χ0) is 20.8. The first-order valence-electron chi connectivity index (χ1n) is 9.81. The SMILES string of the molecule is CC1CCC(N(C)C(=O)COC(=O)c2ccc(NC(=O)c3ccco3)cc2)CC1. The normalized spacial score (nSPS) is 18.7. The lowest BCUT2D eigenvalue weighted by molar-refractivity contribution is -0.136. The molecule has 0 atom stereocenters. The Labute approximate surface area is 170 Å². The Hall–Kier alpha value is -3.09. The van der Waals surface area contributed by atoms with Crippen molar-refractivity contribution in [2.75, 3.05) is 19.0 Å². The van der Waals surface area contributed by atoms with Crippen LogP contribution in [0.15, 0.2) is 47.1 Å². The second kappa shape index (κ2) is 9.41. The predicted octanol–water partition coefficient (Wildman–Crippen LogP) is 3.73. The lowest BCUT2D eigenvalue weighted by Crippen LogP contribution is -2.41. The van der Waals surface area contributed by atoms with Crippen LogP contribution in [0, 0.1) is 5.92 Å². The van der Waals surface area contributed by atoms with Crippen LogP contribution in [-0.4, -0.2) is 42.4 Å². The largest absolute Gasteiger partial charge is 0.459 e. The molecule has 1 saturated carbocycles. The Morgan fingerprint density at radius 3 is 2.41 bits per heavy atom. The van der Waals surface area contributed by atoms with Crippen LogP contribution in [0.5, 0.6) is 0 Å². The van der Waals surface area contributed by atoms with Crippen molar-refractivity contribution in [1.82, 2.24) is 4.90 Å². The van der Waals surface area contributed by atoms with Crippen LogP contribution in [0.25, 0.3) is 0 Å². The highest BCUT2D eigenvalue weighted by atomic mass is 16.5. The van der Waals surface area contributed by atoms with E-state index in [0.717, 1.165) is 25.7 Å². The van der Waals surface area contributed by atoms with Gasteiger partial charge in [0.05, 0.1) is 11.8 Å². The highest BCUT2D eigenvalue weighted by molar-refractivity contribution is 6.02. The van der Waals surface area contributed by atoms with E-state index < -0.39 is 5.97 Å². The summed E-state index contributed by atoms with van der Waals surface area (Å²) in [4.78, 5) is 38.2. The Kier molecular flexibility index (Phi) is 6.69. The molecule has 2 amide bonds.